The van der Waals surface area contributed by atoms with Crippen LogP contribution in [0.1, 0.15) is 52.5 Å². The highest BCUT2D eigenvalue weighted by Crippen LogP contribution is 2.39. The Labute approximate surface area is 175 Å². The molecule has 1 atom stereocenters. The normalized spacial score (nSPS) is 16.3. The van der Waals surface area contributed by atoms with Gasteiger partial charge in [-0.15, -0.1) is 0 Å². The molecule has 1 amide bonds. The van der Waals surface area contributed by atoms with E-state index < -0.39 is 0 Å². The predicted molar refractivity (Wildman–Crippen MR) is 113 cm³/mol. The zero-order valence-electron chi connectivity index (χ0n) is 17.5. The summed E-state index contributed by atoms with van der Waals surface area (Å²) >= 11 is 6.60. The third-order valence-electron chi connectivity index (χ3n) is 5.09. The third-order valence-corrected chi connectivity index (χ3v) is 5.47. The maximum atomic E-state index is 13.4. The van der Waals surface area contributed by atoms with Gasteiger partial charge in [0.05, 0.1) is 29.8 Å². The molecule has 1 aromatic heterocycles. The molecule has 2 heterocycles. The number of nitrogens with one attached hydrogen (secondary N) is 1. The van der Waals surface area contributed by atoms with E-state index >= 15 is 0 Å². The largest absolute Gasteiger partial charge is 0.489 e. The molecule has 0 bridgehead atoms. The van der Waals surface area contributed by atoms with Gasteiger partial charge in [0, 0.05) is 30.8 Å². The molecule has 1 aromatic carbocycles. The minimum Gasteiger partial charge on any atom is -0.489 e. The molecule has 29 heavy (non-hydrogen) atoms. The van der Waals surface area contributed by atoms with Crippen LogP contribution in [0.2, 0.25) is 5.02 Å². The van der Waals surface area contributed by atoms with Crippen molar-refractivity contribution in [2.75, 3.05) is 20.3 Å². The molecule has 0 fully saturated rings. The number of nitrogens with zero attached hydrogens (tertiary/aromatic N) is 1. The number of carbonyl (C=O) groups is 1. The predicted octanol–water partition coefficient (Wildman–Crippen LogP) is 3.82. The number of aromatic nitrogens is 1. The number of halogens is 1. The molecule has 6 nitrogen and oxygen atoms in total. The van der Waals surface area contributed by atoms with Crippen LogP contribution in [0.3, 0.4) is 0 Å². The molecule has 156 valence electrons. The monoisotopic (exact) mass is 418 g/mol. The Hall–Kier alpha value is -2.31. The molecule has 0 saturated heterocycles. The summed E-state index contributed by atoms with van der Waals surface area (Å²) in [5, 5.41) is 0.307. The second-order valence-corrected chi connectivity index (χ2v) is 8.17. The van der Waals surface area contributed by atoms with Crippen LogP contribution in [0.15, 0.2) is 23.0 Å². The number of H-pyrrole nitrogens is 1. The fourth-order valence-corrected chi connectivity index (χ4v) is 4.13. The van der Waals surface area contributed by atoms with Gasteiger partial charge in [-0.3, -0.25) is 9.59 Å². The van der Waals surface area contributed by atoms with Gasteiger partial charge in [0.2, 0.25) is 0 Å². The van der Waals surface area contributed by atoms with E-state index in [9.17, 15) is 9.59 Å². The van der Waals surface area contributed by atoms with E-state index in [0.29, 0.717) is 35.1 Å². The van der Waals surface area contributed by atoms with Crippen LogP contribution in [0.4, 0.5) is 0 Å². The highest BCUT2D eigenvalue weighted by molar-refractivity contribution is 6.35. The highest BCUT2D eigenvalue weighted by atomic mass is 35.5. The minimum atomic E-state index is -0.203. The van der Waals surface area contributed by atoms with Crippen LogP contribution < -0.4 is 10.3 Å². The molecule has 0 spiro atoms. The molecule has 0 aliphatic carbocycles. The lowest BCUT2D eigenvalue weighted by Gasteiger charge is -2.35. The number of hydrogen-bond donors (Lipinski definition) is 1. The summed E-state index contributed by atoms with van der Waals surface area (Å²) in [4.78, 5) is 30.3. The van der Waals surface area contributed by atoms with Gasteiger partial charge in [-0.05, 0) is 51.0 Å². The van der Waals surface area contributed by atoms with Crippen LogP contribution in [0.5, 0.6) is 5.75 Å². The van der Waals surface area contributed by atoms with Crippen molar-refractivity contribution in [3.8, 4) is 5.75 Å². The van der Waals surface area contributed by atoms with E-state index in [2.05, 4.69) is 4.98 Å². The Bertz CT molecular complexity index is 984. The first-order valence-corrected chi connectivity index (χ1v) is 10.1. The molecule has 3 rings (SSSR count). The fraction of sp³-hybridized carbons (Fsp3) is 0.455. The number of aryl methyl sites for hydroxylation is 2. The summed E-state index contributed by atoms with van der Waals surface area (Å²) in [6.45, 7) is 8.65. The fourth-order valence-electron chi connectivity index (χ4n) is 3.83. The minimum absolute atomic E-state index is 0.0388. The van der Waals surface area contributed by atoms with Crippen molar-refractivity contribution in [1.29, 1.82) is 0 Å². The molecule has 1 unspecified atom stereocenters. The summed E-state index contributed by atoms with van der Waals surface area (Å²) in [5.41, 5.74) is 3.34. The quantitative estimate of drug-likeness (QED) is 0.774. The smallest absolute Gasteiger partial charge is 0.256 e. The zero-order valence-corrected chi connectivity index (χ0v) is 18.2. The van der Waals surface area contributed by atoms with Crippen LogP contribution in [-0.2, 0) is 11.3 Å². The summed E-state index contributed by atoms with van der Waals surface area (Å²) in [6.07, 6.45) is -0.0658. The Kier molecular flexibility index (Phi) is 6.34. The number of rotatable bonds is 6. The topological polar surface area (TPSA) is 71.6 Å². The Morgan fingerprint density at radius 1 is 1.28 bits per heavy atom. The molecule has 2 aromatic rings. The molecular formula is C22H27ClN2O4. The molecule has 0 radical (unpaired) electrons. The van der Waals surface area contributed by atoms with Gasteiger partial charge >= 0.3 is 0 Å². The van der Waals surface area contributed by atoms with Crippen LogP contribution in [0.25, 0.3) is 0 Å². The standard InChI is InChI=1S/C22H27ClN2O4/c1-12(2)29-18-7-6-16-15(11-28-5)9-25(22(27)19(16)20(18)23)10-17-13(3)8-14(4)24-21(17)26/h6-8,12,15H,9-11H2,1-5H3,(H,24,26). The van der Waals surface area contributed by atoms with Crippen molar-refractivity contribution < 1.29 is 14.3 Å². The maximum absolute atomic E-state index is 13.4. The van der Waals surface area contributed by atoms with Crippen LogP contribution in [0, 0.1) is 13.8 Å². The Balaban J connectivity index is 2.03. The highest BCUT2D eigenvalue weighted by Gasteiger charge is 2.35. The van der Waals surface area contributed by atoms with Crippen molar-refractivity contribution in [2.45, 2.75) is 46.3 Å². The Morgan fingerprint density at radius 2 is 2.00 bits per heavy atom. The van der Waals surface area contributed by atoms with E-state index in [1.807, 2.05) is 45.9 Å². The summed E-state index contributed by atoms with van der Waals surface area (Å²) in [6, 6.07) is 5.61. The number of amides is 1. The average Bonchev–Trinajstić information content (AvgIpc) is 2.63. The average molecular weight is 419 g/mol. The van der Waals surface area contributed by atoms with Gasteiger partial charge in [0.15, 0.2) is 0 Å². The first-order valence-electron chi connectivity index (χ1n) is 9.69. The zero-order chi connectivity index (χ0) is 21.3. The van der Waals surface area contributed by atoms with Crippen molar-refractivity contribution in [2.24, 2.45) is 0 Å². The molecule has 0 saturated carbocycles. The molecule has 1 aliphatic heterocycles. The van der Waals surface area contributed by atoms with Gasteiger partial charge in [0.25, 0.3) is 11.5 Å². The lowest BCUT2D eigenvalue weighted by molar-refractivity contribution is 0.0666. The second-order valence-electron chi connectivity index (χ2n) is 7.79. The van der Waals surface area contributed by atoms with E-state index in [1.165, 1.54) is 0 Å². The molecule has 1 aliphatic rings. The van der Waals surface area contributed by atoms with Crippen molar-refractivity contribution in [3.63, 3.8) is 0 Å². The summed E-state index contributed by atoms with van der Waals surface area (Å²) in [7, 11) is 1.63. The summed E-state index contributed by atoms with van der Waals surface area (Å²) in [5.74, 6) is 0.241. The SMILES string of the molecule is COCC1CN(Cc2c(C)cc(C)[nH]c2=O)C(=O)c2c1ccc(OC(C)C)c2Cl. The summed E-state index contributed by atoms with van der Waals surface area (Å²) < 4.78 is 11.2. The number of ether oxygens (including phenoxy) is 2. The lowest BCUT2D eigenvalue weighted by Crippen LogP contribution is -2.42. The van der Waals surface area contributed by atoms with Crippen LogP contribution >= 0.6 is 11.6 Å². The number of hydrogen-bond acceptors (Lipinski definition) is 4. The first-order chi connectivity index (χ1) is 13.7. The second kappa shape index (κ2) is 8.59. The van der Waals surface area contributed by atoms with Crippen molar-refractivity contribution in [3.05, 3.63) is 61.5 Å². The van der Waals surface area contributed by atoms with Gasteiger partial charge in [-0.1, -0.05) is 17.7 Å². The number of carbonyl (C=O) groups excluding carboxylic acids is 1. The number of pyridine rings is 1. The van der Waals surface area contributed by atoms with Gasteiger partial charge in [-0.25, -0.2) is 0 Å². The number of fused-ring (bicyclic) bond motifs is 1. The van der Waals surface area contributed by atoms with Gasteiger partial charge < -0.3 is 19.4 Å². The van der Waals surface area contributed by atoms with Crippen molar-refractivity contribution >= 4 is 17.5 Å². The van der Waals surface area contributed by atoms with Crippen molar-refractivity contribution in [1.82, 2.24) is 9.88 Å². The third kappa shape index (κ3) is 4.33. The number of aromatic amines is 1. The van der Waals surface area contributed by atoms with Gasteiger partial charge in [0.1, 0.15) is 5.75 Å². The van der Waals surface area contributed by atoms with E-state index in [4.69, 9.17) is 21.1 Å². The van der Waals surface area contributed by atoms with E-state index in [0.717, 1.165) is 16.8 Å². The molecule has 7 heteroatoms. The number of benzene rings is 1. The first kappa shape index (κ1) is 21.4. The van der Waals surface area contributed by atoms with E-state index in [1.54, 1.807) is 12.0 Å². The number of methoxy groups -OCH3 is 1. The maximum Gasteiger partial charge on any atom is 0.256 e. The van der Waals surface area contributed by atoms with E-state index in [-0.39, 0.29) is 30.0 Å². The lowest BCUT2D eigenvalue weighted by atomic mass is 9.89. The van der Waals surface area contributed by atoms with Gasteiger partial charge in [-0.2, -0.15) is 0 Å². The molecular weight excluding hydrogens is 392 g/mol. The van der Waals surface area contributed by atoms with Crippen LogP contribution in [-0.4, -0.2) is 42.2 Å². The Morgan fingerprint density at radius 3 is 2.62 bits per heavy atom. The molecule has 1 N–H and O–H groups in total.